The van der Waals surface area contributed by atoms with Crippen molar-refractivity contribution in [3.8, 4) is 11.1 Å². The predicted molar refractivity (Wildman–Crippen MR) is 84.1 cm³/mol. The Morgan fingerprint density at radius 1 is 1.25 bits per heavy atom. The minimum absolute atomic E-state index is 0.851. The van der Waals surface area contributed by atoms with Gasteiger partial charge in [0.05, 0.1) is 5.69 Å². The van der Waals surface area contributed by atoms with E-state index in [2.05, 4.69) is 18.0 Å². The number of nitrogens with zero attached hydrogens (tertiary/aromatic N) is 1. The summed E-state index contributed by atoms with van der Waals surface area (Å²) in [5.74, 6) is 0. The maximum Gasteiger partial charge on any atom is 0.0650 e. The van der Waals surface area contributed by atoms with Gasteiger partial charge in [-0.15, -0.1) is 0 Å². The second-order valence-corrected chi connectivity index (χ2v) is 5.30. The number of aryl methyl sites for hydroxylation is 2. The summed E-state index contributed by atoms with van der Waals surface area (Å²) in [5, 5.41) is 0. The third kappa shape index (κ3) is 2.05. The SMILES string of the molecule is Cc1cc2c(c(N)c1-c1ccnc(/C=C\N)c1)CCC2. The molecule has 2 aromatic rings. The maximum atomic E-state index is 6.43. The lowest BCUT2D eigenvalue weighted by atomic mass is 9.93. The fraction of sp³-hybridized carbons (Fsp3) is 0.235. The van der Waals surface area contributed by atoms with Gasteiger partial charge in [0.1, 0.15) is 0 Å². The van der Waals surface area contributed by atoms with E-state index in [-0.39, 0.29) is 0 Å². The third-order valence-electron chi connectivity index (χ3n) is 3.98. The van der Waals surface area contributed by atoms with E-state index >= 15 is 0 Å². The Morgan fingerprint density at radius 3 is 2.90 bits per heavy atom. The van der Waals surface area contributed by atoms with Crippen LogP contribution in [0.25, 0.3) is 17.2 Å². The second-order valence-electron chi connectivity index (χ2n) is 5.30. The molecule has 1 aliphatic carbocycles. The van der Waals surface area contributed by atoms with Gasteiger partial charge in [0.25, 0.3) is 0 Å². The van der Waals surface area contributed by atoms with Crippen molar-refractivity contribution in [2.45, 2.75) is 26.2 Å². The van der Waals surface area contributed by atoms with Crippen molar-refractivity contribution in [2.24, 2.45) is 5.73 Å². The molecule has 4 N–H and O–H groups in total. The summed E-state index contributed by atoms with van der Waals surface area (Å²) in [4.78, 5) is 4.28. The molecule has 20 heavy (non-hydrogen) atoms. The summed E-state index contributed by atoms with van der Waals surface area (Å²) in [5.41, 5.74) is 19.9. The standard InChI is InChI=1S/C17H19N3/c1-11-9-12-3-2-4-15(12)17(19)16(11)13-6-8-20-14(10-13)5-7-18/h5-10H,2-4,18-19H2,1H3/b7-5-. The minimum atomic E-state index is 0.851. The normalized spacial score (nSPS) is 13.8. The van der Waals surface area contributed by atoms with E-state index in [9.17, 15) is 0 Å². The zero-order valence-electron chi connectivity index (χ0n) is 11.7. The molecule has 0 amide bonds. The number of pyridine rings is 1. The molecule has 0 spiro atoms. The molecule has 3 rings (SSSR count). The van der Waals surface area contributed by atoms with Crippen LogP contribution in [0.15, 0.2) is 30.6 Å². The molecule has 0 aliphatic heterocycles. The fourth-order valence-electron chi connectivity index (χ4n) is 3.11. The number of hydrogen-bond acceptors (Lipinski definition) is 3. The van der Waals surface area contributed by atoms with Crippen LogP contribution in [0.5, 0.6) is 0 Å². The Morgan fingerprint density at radius 2 is 2.10 bits per heavy atom. The Hall–Kier alpha value is -2.29. The highest BCUT2D eigenvalue weighted by Gasteiger charge is 2.19. The molecule has 0 unspecified atom stereocenters. The van der Waals surface area contributed by atoms with Crippen molar-refractivity contribution in [3.05, 3.63) is 53.0 Å². The lowest BCUT2D eigenvalue weighted by Crippen LogP contribution is -2.00. The number of nitrogens with two attached hydrogens (primary N) is 2. The molecule has 102 valence electrons. The number of hydrogen-bond donors (Lipinski definition) is 2. The van der Waals surface area contributed by atoms with Crippen LogP contribution in [0.4, 0.5) is 5.69 Å². The molecule has 0 radical (unpaired) electrons. The van der Waals surface area contributed by atoms with E-state index in [4.69, 9.17) is 11.5 Å². The first kappa shape index (κ1) is 12.7. The van der Waals surface area contributed by atoms with E-state index < -0.39 is 0 Å². The van der Waals surface area contributed by atoms with E-state index in [0.29, 0.717) is 0 Å². The molecule has 0 bridgehead atoms. The molecule has 1 aromatic carbocycles. The first-order valence-electron chi connectivity index (χ1n) is 6.96. The third-order valence-corrected chi connectivity index (χ3v) is 3.98. The zero-order chi connectivity index (χ0) is 14.1. The number of aromatic nitrogens is 1. The van der Waals surface area contributed by atoms with Crippen LogP contribution in [0.3, 0.4) is 0 Å². The van der Waals surface area contributed by atoms with Gasteiger partial charge in [0.2, 0.25) is 0 Å². The lowest BCUT2D eigenvalue weighted by molar-refractivity contribution is 0.912. The summed E-state index contributed by atoms with van der Waals surface area (Å²) >= 11 is 0. The quantitative estimate of drug-likeness (QED) is 0.820. The minimum Gasteiger partial charge on any atom is -0.405 e. The topological polar surface area (TPSA) is 64.9 Å². The predicted octanol–water partition coefficient (Wildman–Crippen LogP) is 3.06. The first-order chi connectivity index (χ1) is 9.70. The van der Waals surface area contributed by atoms with E-state index in [1.165, 1.54) is 29.3 Å². The Labute approximate surface area is 119 Å². The molecular weight excluding hydrogens is 246 g/mol. The molecular formula is C17H19N3. The largest absolute Gasteiger partial charge is 0.405 e. The average molecular weight is 265 g/mol. The highest BCUT2D eigenvalue weighted by molar-refractivity contribution is 5.83. The molecule has 1 aromatic heterocycles. The first-order valence-corrected chi connectivity index (χ1v) is 6.96. The molecule has 1 aliphatic rings. The Kier molecular flexibility index (Phi) is 3.18. The second kappa shape index (κ2) is 5.00. The molecule has 0 atom stereocenters. The summed E-state index contributed by atoms with van der Waals surface area (Å²) in [7, 11) is 0. The van der Waals surface area contributed by atoms with Gasteiger partial charge in [-0.2, -0.15) is 0 Å². The van der Waals surface area contributed by atoms with E-state index in [1.807, 2.05) is 12.1 Å². The molecule has 3 heteroatoms. The van der Waals surface area contributed by atoms with Crippen molar-refractivity contribution in [2.75, 3.05) is 5.73 Å². The number of nitrogen functional groups attached to an aromatic ring is 1. The fourth-order valence-corrected chi connectivity index (χ4v) is 3.11. The number of anilines is 1. The summed E-state index contributed by atoms with van der Waals surface area (Å²) in [6.45, 7) is 2.13. The van der Waals surface area contributed by atoms with Crippen molar-refractivity contribution in [1.82, 2.24) is 4.98 Å². The van der Waals surface area contributed by atoms with Gasteiger partial charge in [0, 0.05) is 17.4 Å². The highest BCUT2D eigenvalue weighted by atomic mass is 14.7. The van der Waals surface area contributed by atoms with Crippen LogP contribution in [0.2, 0.25) is 0 Å². The zero-order valence-corrected chi connectivity index (χ0v) is 11.7. The van der Waals surface area contributed by atoms with Crippen molar-refractivity contribution < 1.29 is 0 Å². The van der Waals surface area contributed by atoms with Gasteiger partial charge in [0.15, 0.2) is 0 Å². The summed E-state index contributed by atoms with van der Waals surface area (Å²) in [6, 6.07) is 6.32. The van der Waals surface area contributed by atoms with Crippen LogP contribution >= 0.6 is 0 Å². The summed E-state index contributed by atoms with van der Waals surface area (Å²) < 4.78 is 0. The van der Waals surface area contributed by atoms with Crippen molar-refractivity contribution in [3.63, 3.8) is 0 Å². The van der Waals surface area contributed by atoms with Gasteiger partial charge in [-0.1, -0.05) is 6.07 Å². The maximum absolute atomic E-state index is 6.43. The van der Waals surface area contributed by atoms with Crippen molar-refractivity contribution in [1.29, 1.82) is 0 Å². The van der Waals surface area contributed by atoms with E-state index in [1.54, 1.807) is 12.3 Å². The Bertz CT molecular complexity index is 687. The van der Waals surface area contributed by atoms with Crippen LogP contribution in [-0.4, -0.2) is 4.98 Å². The monoisotopic (exact) mass is 265 g/mol. The Balaban J connectivity index is 2.17. The highest BCUT2D eigenvalue weighted by Crippen LogP contribution is 2.38. The van der Waals surface area contributed by atoms with Gasteiger partial charge in [-0.3, -0.25) is 4.98 Å². The smallest absolute Gasteiger partial charge is 0.0650 e. The van der Waals surface area contributed by atoms with Crippen LogP contribution < -0.4 is 11.5 Å². The van der Waals surface area contributed by atoms with Crippen LogP contribution in [-0.2, 0) is 12.8 Å². The van der Waals surface area contributed by atoms with E-state index in [0.717, 1.165) is 35.3 Å². The van der Waals surface area contributed by atoms with Gasteiger partial charge < -0.3 is 11.5 Å². The number of benzene rings is 1. The lowest BCUT2D eigenvalue weighted by Gasteiger charge is -2.15. The molecule has 0 fully saturated rings. The summed E-state index contributed by atoms with van der Waals surface area (Å²) in [6.07, 6.45) is 8.55. The molecule has 1 heterocycles. The van der Waals surface area contributed by atoms with Gasteiger partial charge >= 0.3 is 0 Å². The average Bonchev–Trinajstić information content (AvgIpc) is 2.88. The van der Waals surface area contributed by atoms with Crippen molar-refractivity contribution >= 4 is 11.8 Å². The molecule has 3 nitrogen and oxygen atoms in total. The number of fused-ring (bicyclic) bond motifs is 1. The van der Waals surface area contributed by atoms with Crippen LogP contribution in [0, 0.1) is 6.92 Å². The van der Waals surface area contributed by atoms with Gasteiger partial charge in [-0.25, -0.2) is 0 Å². The molecule has 0 saturated carbocycles. The van der Waals surface area contributed by atoms with Crippen LogP contribution in [0.1, 0.15) is 28.8 Å². The number of rotatable bonds is 2. The molecule has 0 saturated heterocycles. The van der Waals surface area contributed by atoms with Gasteiger partial charge in [-0.05, 0) is 72.8 Å².